The minimum atomic E-state index is -1.66. The van der Waals surface area contributed by atoms with Crippen LogP contribution in [0.1, 0.15) is 20.8 Å². The van der Waals surface area contributed by atoms with Gasteiger partial charge in [-0.2, -0.15) is 4.98 Å². The van der Waals surface area contributed by atoms with Gasteiger partial charge in [0, 0.05) is 5.69 Å². The van der Waals surface area contributed by atoms with Crippen LogP contribution in [0, 0.1) is 0 Å². The van der Waals surface area contributed by atoms with E-state index in [-0.39, 0.29) is 0 Å². The number of hydrogen-bond donors (Lipinski definition) is 0. The Kier molecular flexibility index (Phi) is 4.37. The fraction of sp³-hybridized carbons (Fsp3) is 0.429. The molecule has 0 saturated heterocycles. The van der Waals surface area contributed by atoms with Crippen molar-refractivity contribution in [2.24, 2.45) is 0 Å². The number of rotatable bonds is 6. The quantitative estimate of drug-likeness (QED) is 0.740. The molecule has 0 fully saturated rings. The van der Waals surface area contributed by atoms with E-state index in [1.807, 2.05) is 6.07 Å². The van der Waals surface area contributed by atoms with Gasteiger partial charge in [-0.1, -0.05) is 44.1 Å². The molecule has 0 amide bonds. The van der Waals surface area contributed by atoms with Gasteiger partial charge in [-0.15, -0.1) is 0 Å². The molecule has 4 nitrogen and oxygen atoms in total. The molecule has 0 aliphatic carbocycles. The van der Waals surface area contributed by atoms with Crippen LogP contribution in [0.15, 0.2) is 41.2 Å². The molecule has 0 N–H and O–H groups in total. The van der Waals surface area contributed by atoms with Crippen LogP contribution in [0.25, 0.3) is 0 Å². The minimum absolute atomic E-state index is 0.628. The zero-order valence-electron chi connectivity index (χ0n) is 11.8. The van der Waals surface area contributed by atoms with Crippen molar-refractivity contribution < 1.29 is 4.52 Å². The molecule has 2 aromatic rings. The fourth-order valence-corrected chi connectivity index (χ4v) is 6.30. The number of benzene rings is 1. The van der Waals surface area contributed by atoms with Gasteiger partial charge in [-0.25, -0.2) is 0 Å². The molecule has 0 aliphatic heterocycles. The van der Waals surface area contributed by atoms with E-state index in [0.717, 1.165) is 23.8 Å². The molecule has 1 aromatic carbocycles. The van der Waals surface area contributed by atoms with E-state index < -0.39 is 8.24 Å². The Hall–Kier alpha value is -1.62. The molecule has 0 aliphatic rings. The van der Waals surface area contributed by atoms with Crippen LogP contribution < -0.4 is 4.57 Å². The van der Waals surface area contributed by atoms with Gasteiger partial charge in [-0.3, -0.25) is 0 Å². The van der Waals surface area contributed by atoms with Gasteiger partial charge in [-0.05, 0) is 30.3 Å². The maximum Gasteiger partial charge on any atom is 0.320 e. The Bertz CT molecular complexity index is 474. The van der Waals surface area contributed by atoms with Gasteiger partial charge in [0.25, 0.3) is 0 Å². The molecular formula is C14H21N3OSi. The molecule has 0 saturated carbocycles. The molecule has 19 heavy (non-hydrogen) atoms. The Morgan fingerprint density at radius 1 is 1.05 bits per heavy atom. The summed E-state index contributed by atoms with van der Waals surface area (Å²) in [4.78, 5) is 4.29. The topological polar surface area (TPSA) is 42.2 Å². The lowest BCUT2D eigenvalue weighted by Gasteiger charge is -2.39. The first-order valence-corrected chi connectivity index (χ1v) is 9.46. The highest BCUT2D eigenvalue weighted by Crippen LogP contribution is 2.35. The predicted octanol–water partition coefficient (Wildman–Crippen LogP) is 4.21. The average Bonchev–Trinajstić information content (AvgIpc) is 2.99. The van der Waals surface area contributed by atoms with Crippen LogP contribution in [0.3, 0.4) is 0 Å². The summed E-state index contributed by atoms with van der Waals surface area (Å²) in [6, 6.07) is 14.5. The Balaban J connectivity index is 2.52. The molecule has 0 atom stereocenters. The van der Waals surface area contributed by atoms with E-state index in [2.05, 4.69) is 59.7 Å². The minimum Gasteiger partial charge on any atom is -0.322 e. The summed E-state index contributed by atoms with van der Waals surface area (Å²) in [5, 5.41) is 3.78. The third-order valence-corrected chi connectivity index (χ3v) is 9.35. The van der Waals surface area contributed by atoms with Crippen LogP contribution in [-0.4, -0.2) is 18.4 Å². The normalized spacial score (nSPS) is 11.5. The van der Waals surface area contributed by atoms with E-state index in [4.69, 9.17) is 4.52 Å². The maximum atomic E-state index is 5.36. The Labute approximate surface area is 115 Å². The molecule has 1 heterocycles. The standard InChI is InChI=1S/C14H21N3OSi/c1-4-19(5-2,6-3)17(14-15-12-16-18-14)13-10-8-7-9-11-13/h7-12H,4-6H2,1-3H3. The van der Waals surface area contributed by atoms with Crippen molar-refractivity contribution in [2.75, 3.05) is 4.57 Å². The van der Waals surface area contributed by atoms with Crippen molar-refractivity contribution in [2.45, 2.75) is 38.9 Å². The van der Waals surface area contributed by atoms with Crippen molar-refractivity contribution in [3.63, 3.8) is 0 Å². The average molecular weight is 275 g/mol. The third kappa shape index (κ3) is 2.56. The van der Waals surface area contributed by atoms with E-state index in [0.29, 0.717) is 6.01 Å². The van der Waals surface area contributed by atoms with E-state index >= 15 is 0 Å². The van der Waals surface area contributed by atoms with Gasteiger partial charge < -0.3 is 9.09 Å². The second-order valence-corrected chi connectivity index (χ2v) is 9.70. The molecule has 0 radical (unpaired) electrons. The van der Waals surface area contributed by atoms with Crippen LogP contribution in [-0.2, 0) is 0 Å². The first kappa shape index (κ1) is 13.8. The highest BCUT2D eigenvalue weighted by atomic mass is 28.3. The van der Waals surface area contributed by atoms with Crippen LogP contribution in [0.4, 0.5) is 11.7 Å². The lowest BCUT2D eigenvalue weighted by molar-refractivity contribution is 0.427. The van der Waals surface area contributed by atoms with Gasteiger partial charge >= 0.3 is 6.01 Å². The molecule has 2 rings (SSSR count). The van der Waals surface area contributed by atoms with E-state index in [1.54, 1.807) is 0 Å². The second-order valence-electron chi connectivity index (χ2n) is 4.68. The number of nitrogens with zero attached hydrogens (tertiary/aromatic N) is 3. The number of aromatic nitrogens is 2. The lowest BCUT2D eigenvalue weighted by atomic mass is 10.3. The number of para-hydroxylation sites is 1. The van der Waals surface area contributed by atoms with Gasteiger partial charge in [0.2, 0.25) is 0 Å². The first-order chi connectivity index (χ1) is 9.27. The van der Waals surface area contributed by atoms with E-state index in [9.17, 15) is 0 Å². The summed E-state index contributed by atoms with van der Waals surface area (Å²) in [5.74, 6) is 0. The highest BCUT2D eigenvalue weighted by molar-refractivity contribution is 6.84. The maximum absolute atomic E-state index is 5.36. The van der Waals surface area contributed by atoms with Gasteiger partial charge in [0.1, 0.15) is 0 Å². The smallest absolute Gasteiger partial charge is 0.320 e. The van der Waals surface area contributed by atoms with Crippen LogP contribution in [0.2, 0.25) is 18.1 Å². The first-order valence-electron chi connectivity index (χ1n) is 6.89. The summed E-state index contributed by atoms with van der Waals surface area (Å²) >= 11 is 0. The molecule has 1 aromatic heterocycles. The Morgan fingerprint density at radius 2 is 1.68 bits per heavy atom. The molecule has 0 unspecified atom stereocenters. The van der Waals surface area contributed by atoms with Crippen LogP contribution >= 0.6 is 0 Å². The van der Waals surface area contributed by atoms with Gasteiger partial charge in [0.05, 0.1) is 0 Å². The summed E-state index contributed by atoms with van der Waals surface area (Å²) < 4.78 is 7.68. The van der Waals surface area contributed by atoms with Crippen molar-refractivity contribution >= 4 is 19.9 Å². The summed E-state index contributed by atoms with van der Waals surface area (Å²) in [6.07, 6.45) is 1.48. The summed E-state index contributed by atoms with van der Waals surface area (Å²) in [7, 11) is -1.66. The highest BCUT2D eigenvalue weighted by Gasteiger charge is 2.38. The van der Waals surface area contributed by atoms with E-state index in [1.165, 1.54) is 6.33 Å². The Morgan fingerprint density at radius 3 is 2.16 bits per heavy atom. The molecular weight excluding hydrogens is 254 g/mol. The largest absolute Gasteiger partial charge is 0.322 e. The number of anilines is 2. The van der Waals surface area contributed by atoms with Crippen molar-refractivity contribution in [1.82, 2.24) is 10.1 Å². The van der Waals surface area contributed by atoms with Crippen LogP contribution in [0.5, 0.6) is 0 Å². The molecule has 0 bridgehead atoms. The van der Waals surface area contributed by atoms with Crippen molar-refractivity contribution in [1.29, 1.82) is 0 Å². The molecule has 102 valence electrons. The zero-order valence-corrected chi connectivity index (χ0v) is 12.8. The zero-order chi connectivity index (χ0) is 13.7. The number of hydrogen-bond acceptors (Lipinski definition) is 4. The summed E-state index contributed by atoms with van der Waals surface area (Å²) in [6.45, 7) is 6.81. The SMILES string of the molecule is CC[Si](CC)(CC)N(c1ccccc1)c1ncno1. The third-order valence-electron chi connectivity index (χ3n) is 4.00. The lowest BCUT2D eigenvalue weighted by Crippen LogP contribution is -2.49. The molecule has 5 heteroatoms. The monoisotopic (exact) mass is 275 g/mol. The fourth-order valence-electron chi connectivity index (χ4n) is 2.65. The van der Waals surface area contributed by atoms with Crippen molar-refractivity contribution in [3.05, 3.63) is 36.7 Å². The predicted molar refractivity (Wildman–Crippen MR) is 80.1 cm³/mol. The van der Waals surface area contributed by atoms with Crippen molar-refractivity contribution in [3.8, 4) is 0 Å². The van der Waals surface area contributed by atoms with Gasteiger partial charge in [0.15, 0.2) is 14.6 Å². The molecule has 0 spiro atoms. The second kappa shape index (κ2) is 6.01. The summed E-state index contributed by atoms with van der Waals surface area (Å²) in [5.41, 5.74) is 1.16.